The van der Waals surface area contributed by atoms with E-state index in [0.29, 0.717) is 35.6 Å². The van der Waals surface area contributed by atoms with Crippen LogP contribution in [0.25, 0.3) is 0 Å². The average Bonchev–Trinajstić information content (AvgIpc) is 3.78. The number of benzene rings is 4. The van der Waals surface area contributed by atoms with Gasteiger partial charge in [-0.2, -0.15) is 13.2 Å². The van der Waals surface area contributed by atoms with Gasteiger partial charge in [0.05, 0.1) is 46.5 Å². The Hall–Kier alpha value is -7.44. The van der Waals surface area contributed by atoms with Crippen LogP contribution < -0.4 is 20.4 Å². The van der Waals surface area contributed by atoms with Gasteiger partial charge in [0.2, 0.25) is 24.1 Å². The van der Waals surface area contributed by atoms with Crippen molar-refractivity contribution >= 4 is 87.4 Å². The number of carbonyl (C=O) groups excluding carboxylic acids is 6. The van der Waals surface area contributed by atoms with Crippen LogP contribution in [0.5, 0.6) is 0 Å². The van der Waals surface area contributed by atoms with Crippen LogP contribution in [0.4, 0.5) is 24.5 Å². The zero-order valence-electron chi connectivity index (χ0n) is 46.9. The second-order valence-electron chi connectivity index (χ2n) is 21.1. The Bertz CT molecular complexity index is 2950. The van der Waals surface area contributed by atoms with E-state index in [0.717, 1.165) is 22.3 Å². The van der Waals surface area contributed by atoms with Crippen molar-refractivity contribution in [3.8, 4) is 0 Å². The number of para-hydroxylation sites is 2. The number of esters is 1. The van der Waals surface area contributed by atoms with Gasteiger partial charge in [0.25, 0.3) is 17.6 Å². The van der Waals surface area contributed by atoms with Gasteiger partial charge in [0.15, 0.2) is 4.84 Å². The minimum atomic E-state index is -4.92. The molecule has 4 amide bonds. The highest BCUT2D eigenvalue weighted by Gasteiger charge is 2.43. The molecule has 4 aromatic carbocycles. The van der Waals surface area contributed by atoms with Crippen LogP contribution >= 0.6 is 23.2 Å². The van der Waals surface area contributed by atoms with E-state index in [1.807, 2.05) is 137 Å². The summed E-state index contributed by atoms with van der Waals surface area (Å²) >= 11 is 9.22. The van der Waals surface area contributed by atoms with Crippen molar-refractivity contribution in [2.45, 2.75) is 103 Å². The summed E-state index contributed by atoms with van der Waals surface area (Å²) in [5, 5.41) is 15.4. The standard InChI is InChI=1S/C31H39N3O4.C27H31N3O4.C3HCl2F3O/c1-8-14-22(30(37)38-31(4,5)6)24(19-20(2)3)28(35)33-27-29(36)34(7)25-18-13-12-17-23(25)26(32-27)21-15-10-9-11-16-21;1-5-11-19(27(33)34)21(16-17(2)3)25(31)29-24-26(32)30(4)22-15-10-9-14-20(22)23(28-24)18-12-7-6-8-13-18;4-2(5)1(9)3(6,7)8/h8-13,15-18,20,22,24,27H,1,14,19H2,2-7H3,(H,33,35);5-10,12-15,17,19,21,24H,1,11,16H2,2-4H3,(H,29,31)(H,33,34);2H/t22-,24+,27?;19-,21+,24?;/m00./s1. The summed E-state index contributed by atoms with van der Waals surface area (Å²) in [5.41, 5.74) is 5.09. The van der Waals surface area contributed by atoms with Crippen LogP contribution in [0, 0.1) is 35.5 Å². The quantitative estimate of drug-likeness (QED) is 0.0463. The molecule has 81 heavy (non-hydrogen) atoms. The van der Waals surface area contributed by atoms with E-state index < -0.39 is 88.1 Å². The van der Waals surface area contributed by atoms with E-state index in [1.54, 1.807) is 40.9 Å². The third kappa shape index (κ3) is 18.5. The van der Waals surface area contributed by atoms with Crippen molar-refractivity contribution < 1.29 is 56.6 Å². The number of aliphatic carboxylic acids is 1. The number of nitrogens with one attached hydrogen (secondary N) is 2. The number of allylic oxidation sites excluding steroid dienone is 2. The van der Waals surface area contributed by atoms with Crippen LogP contribution in [0.2, 0.25) is 0 Å². The molecule has 2 aliphatic heterocycles. The van der Waals surface area contributed by atoms with Gasteiger partial charge in [-0.3, -0.25) is 33.6 Å². The molecule has 0 aliphatic carbocycles. The number of amides is 4. The third-order valence-electron chi connectivity index (χ3n) is 12.8. The van der Waals surface area contributed by atoms with Crippen LogP contribution in [-0.4, -0.2) is 101 Å². The van der Waals surface area contributed by atoms with Crippen LogP contribution in [-0.2, 0) is 38.3 Å². The van der Waals surface area contributed by atoms with E-state index in [1.165, 1.54) is 15.9 Å². The van der Waals surface area contributed by atoms with Crippen molar-refractivity contribution in [2.75, 3.05) is 23.9 Å². The minimum Gasteiger partial charge on any atom is -0.481 e. The Morgan fingerprint density at radius 1 is 0.630 bits per heavy atom. The normalized spacial score (nSPS) is 16.7. The van der Waals surface area contributed by atoms with E-state index in [-0.39, 0.29) is 30.6 Å². The molecule has 0 saturated heterocycles. The van der Waals surface area contributed by atoms with Crippen molar-refractivity contribution in [2.24, 2.45) is 45.5 Å². The number of Topliss-reactive ketones (excluding diaryl/α,β-unsaturated/α-hetero) is 1. The first kappa shape index (κ1) is 66.1. The number of rotatable bonds is 19. The zero-order valence-corrected chi connectivity index (χ0v) is 48.4. The number of alkyl halides is 5. The third-order valence-corrected chi connectivity index (χ3v) is 13.2. The van der Waals surface area contributed by atoms with Gasteiger partial charge in [-0.25, -0.2) is 9.98 Å². The summed E-state index contributed by atoms with van der Waals surface area (Å²) in [6.07, 6.45) is -2.90. The van der Waals surface area contributed by atoms with Crippen molar-refractivity contribution in [3.05, 3.63) is 157 Å². The van der Waals surface area contributed by atoms with Crippen molar-refractivity contribution in [1.29, 1.82) is 0 Å². The molecule has 2 heterocycles. The number of benzodiazepines with no additional fused rings is 2. The van der Waals surface area contributed by atoms with Crippen LogP contribution in [0.1, 0.15) is 96.4 Å². The molecule has 0 saturated carbocycles. The van der Waals surface area contributed by atoms with Gasteiger partial charge >= 0.3 is 18.1 Å². The second kappa shape index (κ2) is 29.9. The Morgan fingerprint density at radius 3 is 1.31 bits per heavy atom. The maximum atomic E-state index is 13.8. The number of hydrogen-bond donors (Lipinski definition) is 3. The van der Waals surface area contributed by atoms with Crippen molar-refractivity contribution in [1.82, 2.24) is 10.6 Å². The largest absolute Gasteiger partial charge is 0.481 e. The second-order valence-corrected chi connectivity index (χ2v) is 22.2. The lowest BCUT2D eigenvalue weighted by Crippen LogP contribution is -2.50. The molecule has 6 atom stereocenters. The van der Waals surface area contributed by atoms with Crippen LogP contribution in [0.15, 0.2) is 144 Å². The highest BCUT2D eigenvalue weighted by atomic mass is 35.5. The number of fused-ring (bicyclic) bond motifs is 2. The monoisotopic (exact) mass is 1160 g/mol. The fourth-order valence-corrected chi connectivity index (χ4v) is 9.26. The molecule has 0 aromatic heterocycles. The lowest BCUT2D eigenvalue weighted by Gasteiger charge is -2.30. The number of carboxylic acids is 1. The topological polar surface area (TPSA) is 204 Å². The molecule has 0 fully saturated rings. The highest BCUT2D eigenvalue weighted by Crippen LogP contribution is 2.32. The zero-order chi connectivity index (χ0) is 60.5. The summed E-state index contributed by atoms with van der Waals surface area (Å²) in [7, 11) is 3.32. The predicted molar refractivity (Wildman–Crippen MR) is 310 cm³/mol. The lowest BCUT2D eigenvalue weighted by atomic mass is 9.82. The summed E-state index contributed by atoms with van der Waals surface area (Å²) in [6.45, 7) is 20.7. The Kier molecular flexibility index (Phi) is 24.4. The molecular formula is C61H71Cl2F3N6O9. The summed E-state index contributed by atoms with van der Waals surface area (Å²) < 4.78 is 39.2. The number of ketones is 1. The number of nitrogens with zero attached hydrogens (tertiary/aromatic N) is 4. The molecule has 2 aliphatic rings. The lowest BCUT2D eigenvalue weighted by molar-refractivity contribution is -0.169. The van der Waals surface area contributed by atoms with E-state index in [2.05, 4.69) is 47.0 Å². The van der Waals surface area contributed by atoms with E-state index in [9.17, 15) is 51.8 Å². The minimum absolute atomic E-state index is 0.0857. The molecule has 0 radical (unpaired) electrons. The smallest absolute Gasteiger partial charge is 0.452 e. The number of ether oxygens (including phenoxy) is 1. The van der Waals surface area contributed by atoms with Gasteiger partial charge in [-0.05, 0) is 70.4 Å². The molecule has 4 aromatic rings. The summed E-state index contributed by atoms with van der Waals surface area (Å²) in [4.78, 5) is 99.5. The number of carboxylic acid groups (broad SMARTS) is 1. The van der Waals surface area contributed by atoms with Gasteiger partial charge in [0.1, 0.15) is 5.60 Å². The Morgan fingerprint density at radius 2 is 0.988 bits per heavy atom. The fourth-order valence-electron chi connectivity index (χ4n) is 9.01. The first-order valence-electron chi connectivity index (χ1n) is 26.2. The first-order chi connectivity index (χ1) is 38.0. The Balaban J connectivity index is 0.000000304. The maximum Gasteiger partial charge on any atom is 0.452 e. The van der Waals surface area contributed by atoms with Gasteiger partial charge in [-0.1, -0.05) is 160 Å². The number of hydrogen-bond acceptors (Lipinski definition) is 10. The van der Waals surface area contributed by atoms with Crippen LogP contribution in [0.3, 0.4) is 0 Å². The van der Waals surface area contributed by atoms with Gasteiger partial charge < -0.3 is 30.3 Å². The summed E-state index contributed by atoms with van der Waals surface area (Å²) in [5.74, 6) is -8.33. The summed E-state index contributed by atoms with van der Waals surface area (Å²) in [6, 6.07) is 34.0. The molecule has 434 valence electrons. The number of likely N-dealkylation sites (N-methyl/N-ethyl adjacent to an activating group) is 2. The highest BCUT2D eigenvalue weighted by molar-refractivity contribution is 6.54. The molecular weight excluding hydrogens is 1090 g/mol. The Labute approximate surface area is 481 Å². The fraction of sp³-hybridized carbons (Fsp3) is 0.393. The molecule has 0 spiro atoms. The molecule has 2 unspecified atom stereocenters. The average molecular weight is 1160 g/mol. The van der Waals surface area contributed by atoms with Gasteiger partial charge in [0, 0.05) is 36.3 Å². The van der Waals surface area contributed by atoms with Crippen molar-refractivity contribution in [3.63, 3.8) is 0 Å². The predicted octanol–water partition coefficient (Wildman–Crippen LogP) is 10.9. The van der Waals surface area contributed by atoms with Gasteiger partial charge in [-0.15, -0.1) is 13.2 Å². The van der Waals surface area contributed by atoms with E-state index in [4.69, 9.17) is 14.7 Å². The molecule has 0 bridgehead atoms. The number of carbonyl (C=O) groups is 7. The molecule has 20 heteroatoms. The first-order valence-corrected chi connectivity index (χ1v) is 27.1. The molecule has 3 N–H and O–H groups in total. The SMILES string of the molecule is C=CC[C@H](C(=O)O)[C@@H](CC(C)C)C(=O)NC1N=C(c2ccccc2)c2ccccc2N(C)C1=O.C=CC[C@H](C(=O)OC(C)(C)C)[C@@H](CC(C)C)C(=O)NC1N=C(c2ccccc2)c2ccccc2N(C)C1=O.O=C(C(Cl)Cl)C(F)(F)F. The molecule has 15 nitrogen and oxygen atoms in total. The molecule has 6 rings (SSSR count). The number of halogens is 5. The van der Waals surface area contributed by atoms with E-state index >= 15 is 0 Å². The number of aliphatic imine (C=N–C) groups is 2. The maximum absolute atomic E-state index is 13.8. The number of anilines is 2.